The van der Waals surface area contributed by atoms with Crippen LogP contribution in [0.4, 0.5) is 5.69 Å². The van der Waals surface area contributed by atoms with Crippen molar-refractivity contribution in [3.63, 3.8) is 0 Å². The van der Waals surface area contributed by atoms with Gasteiger partial charge in [-0.3, -0.25) is 4.79 Å². The summed E-state index contributed by atoms with van der Waals surface area (Å²) in [6.45, 7) is 4.16. The molecule has 0 radical (unpaired) electrons. The number of hydrogen-bond donors (Lipinski definition) is 0. The molecule has 0 aromatic heterocycles. The molecular formula is C18H19NO. The Morgan fingerprint density at radius 1 is 1.10 bits per heavy atom. The average molecular weight is 265 g/mol. The normalized spacial score (nSPS) is 17.7. The zero-order valence-corrected chi connectivity index (χ0v) is 12.0. The van der Waals surface area contributed by atoms with Gasteiger partial charge in [-0.15, -0.1) is 0 Å². The van der Waals surface area contributed by atoms with E-state index < -0.39 is 0 Å². The van der Waals surface area contributed by atoms with Crippen molar-refractivity contribution in [3.8, 4) is 0 Å². The average Bonchev–Trinajstić information content (AvgIpc) is 2.47. The third-order valence-electron chi connectivity index (χ3n) is 4.04. The predicted octanol–water partition coefficient (Wildman–Crippen LogP) is 3.98. The maximum atomic E-state index is 12.8. The Kier molecular flexibility index (Phi) is 3.31. The van der Waals surface area contributed by atoms with Gasteiger partial charge in [0, 0.05) is 17.3 Å². The number of hydrogen-bond acceptors (Lipinski definition) is 1. The molecule has 0 spiro atoms. The van der Waals surface area contributed by atoms with Gasteiger partial charge in [-0.2, -0.15) is 0 Å². The molecule has 0 bridgehead atoms. The number of amides is 1. The van der Waals surface area contributed by atoms with Crippen LogP contribution in [0.25, 0.3) is 0 Å². The summed E-state index contributed by atoms with van der Waals surface area (Å²) in [6.07, 6.45) is 2.07. The van der Waals surface area contributed by atoms with Crippen molar-refractivity contribution in [2.75, 3.05) is 4.90 Å². The number of benzene rings is 2. The van der Waals surface area contributed by atoms with E-state index in [1.807, 2.05) is 48.2 Å². The summed E-state index contributed by atoms with van der Waals surface area (Å²) < 4.78 is 0. The molecule has 102 valence electrons. The highest BCUT2D eigenvalue weighted by atomic mass is 16.2. The molecule has 1 heterocycles. The summed E-state index contributed by atoms with van der Waals surface area (Å²) in [5, 5.41) is 0. The lowest BCUT2D eigenvalue weighted by atomic mass is 9.95. The Morgan fingerprint density at radius 2 is 1.80 bits per heavy atom. The van der Waals surface area contributed by atoms with Crippen LogP contribution in [0, 0.1) is 6.92 Å². The molecular weight excluding hydrogens is 246 g/mol. The summed E-state index contributed by atoms with van der Waals surface area (Å²) >= 11 is 0. The first kappa shape index (κ1) is 12.9. The minimum Gasteiger partial charge on any atom is -0.305 e. The van der Waals surface area contributed by atoms with Crippen LogP contribution in [0.5, 0.6) is 0 Å². The Labute approximate surface area is 120 Å². The van der Waals surface area contributed by atoms with Gasteiger partial charge in [-0.25, -0.2) is 0 Å². The lowest BCUT2D eigenvalue weighted by molar-refractivity contribution is 0.0975. The van der Waals surface area contributed by atoms with Gasteiger partial charge >= 0.3 is 0 Å². The minimum absolute atomic E-state index is 0.102. The van der Waals surface area contributed by atoms with Crippen molar-refractivity contribution in [3.05, 3.63) is 65.2 Å². The largest absolute Gasteiger partial charge is 0.305 e. The predicted molar refractivity (Wildman–Crippen MR) is 82.2 cm³/mol. The number of para-hydroxylation sites is 1. The first-order valence-corrected chi connectivity index (χ1v) is 7.15. The summed E-state index contributed by atoms with van der Waals surface area (Å²) in [5.41, 5.74) is 4.27. The van der Waals surface area contributed by atoms with Gasteiger partial charge in [0.05, 0.1) is 0 Å². The summed E-state index contributed by atoms with van der Waals surface area (Å²) in [6, 6.07) is 16.3. The molecule has 0 saturated carbocycles. The molecule has 1 aliphatic heterocycles. The zero-order valence-electron chi connectivity index (χ0n) is 12.0. The van der Waals surface area contributed by atoms with E-state index in [4.69, 9.17) is 0 Å². The zero-order chi connectivity index (χ0) is 14.1. The van der Waals surface area contributed by atoms with Gasteiger partial charge in [0.2, 0.25) is 0 Å². The van der Waals surface area contributed by atoms with E-state index in [2.05, 4.69) is 19.1 Å². The number of rotatable bonds is 1. The third-order valence-corrected chi connectivity index (χ3v) is 4.04. The third kappa shape index (κ3) is 2.22. The summed E-state index contributed by atoms with van der Waals surface area (Å²) in [7, 11) is 0. The van der Waals surface area contributed by atoms with Gasteiger partial charge in [0.15, 0.2) is 0 Å². The molecule has 2 aromatic rings. The Morgan fingerprint density at radius 3 is 2.55 bits per heavy atom. The number of nitrogens with zero attached hydrogens (tertiary/aromatic N) is 1. The van der Waals surface area contributed by atoms with E-state index in [0.717, 1.165) is 24.1 Å². The van der Waals surface area contributed by atoms with E-state index in [9.17, 15) is 4.79 Å². The molecule has 1 amide bonds. The molecule has 0 saturated heterocycles. The monoisotopic (exact) mass is 265 g/mol. The van der Waals surface area contributed by atoms with Crippen molar-refractivity contribution in [2.45, 2.75) is 32.7 Å². The Balaban J connectivity index is 2.00. The Hall–Kier alpha value is -2.09. The van der Waals surface area contributed by atoms with Gasteiger partial charge < -0.3 is 4.90 Å². The second-order valence-electron chi connectivity index (χ2n) is 5.56. The number of carbonyl (C=O) groups excluding carboxylic acids is 1. The fraction of sp³-hybridized carbons (Fsp3) is 0.278. The fourth-order valence-corrected chi connectivity index (χ4v) is 2.83. The highest BCUT2D eigenvalue weighted by Gasteiger charge is 2.28. The number of aryl methyl sites for hydroxylation is 2. The molecule has 2 heteroatoms. The lowest BCUT2D eigenvalue weighted by Gasteiger charge is -2.35. The van der Waals surface area contributed by atoms with E-state index in [1.54, 1.807) is 0 Å². The molecule has 0 fully saturated rings. The molecule has 2 nitrogen and oxygen atoms in total. The molecule has 3 rings (SSSR count). The van der Waals surface area contributed by atoms with Gasteiger partial charge in [0.1, 0.15) is 0 Å². The second kappa shape index (κ2) is 5.12. The summed E-state index contributed by atoms with van der Waals surface area (Å²) in [5.74, 6) is 0.102. The van der Waals surface area contributed by atoms with Crippen LogP contribution < -0.4 is 4.90 Å². The topological polar surface area (TPSA) is 20.3 Å². The van der Waals surface area contributed by atoms with Gasteiger partial charge in [0.25, 0.3) is 5.91 Å². The van der Waals surface area contributed by atoms with E-state index in [0.29, 0.717) is 0 Å². The van der Waals surface area contributed by atoms with Crippen LogP contribution >= 0.6 is 0 Å². The second-order valence-corrected chi connectivity index (χ2v) is 5.56. The van der Waals surface area contributed by atoms with Crippen molar-refractivity contribution >= 4 is 11.6 Å². The number of anilines is 1. The SMILES string of the molecule is Cc1ccc(C(=O)N2c3ccccc3CC[C@@H]2C)cc1. The summed E-state index contributed by atoms with van der Waals surface area (Å²) in [4.78, 5) is 14.8. The highest BCUT2D eigenvalue weighted by Crippen LogP contribution is 2.31. The molecule has 2 aromatic carbocycles. The lowest BCUT2D eigenvalue weighted by Crippen LogP contribution is -2.42. The standard InChI is InChI=1S/C18H19NO/c1-13-7-10-16(11-8-13)18(20)19-14(2)9-12-15-5-3-4-6-17(15)19/h3-8,10-11,14H,9,12H2,1-2H3/t14-/m0/s1. The van der Waals surface area contributed by atoms with Crippen LogP contribution in [0.1, 0.15) is 34.8 Å². The van der Waals surface area contributed by atoms with Crippen molar-refractivity contribution < 1.29 is 4.79 Å². The number of carbonyl (C=O) groups is 1. The van der Waals surface area contributed by atoms with Gasteiger partial charge in [-0.1, -0.05) is 35.9 Å². The van der Waals surface area contributed by atoms with E-state index >= 15 is 0 Å². The highest BCUT2D eigenvalue weighted by molar-refractivity contribution is 6.07. The van der Waals surface area contributed by atoms with E-state index in [-0.39, 0.29) is 11.9 Å². The van der Waals surface area contributed by atoms with Gasteiger partial charge in [-0.05, 0) is 50.5 Å². The van der Waals surface area contributed by atoms with Crippen LogP contribution in [-0.2, 0) is 6.42 Å². The maximum absolute atomic E-state index is 12.8. The van der Waals surface area contributed by atoms with Crippen LogP contribution in [0.3, 0.4) is 0 Å². The molecule has 1 aliphatic rings. The number of fused-ring (bicyclic) bond motifs is 1. The Bertz CT molecular complexity index is 630. The van der Waals surface area contributed by atoms with Crippen LogP contribution in [0.15, 0.2) is 48.5 Å². The van der Waals surface area contributed by atoms with Crippen molar-refractivity contribution in [2.24, 2.45) is 0 Å². The fourth-order valence-electron chi connectivity index (χ4n) is 2.83. The molecule has 20 heavy (non-hydrogen) atoms. The first-order chi connectivity index (χ1) is 9.66. The van der Waals surface area contributed by atoms with Crippen LogP contribution in [-0.4, -0.2) is 11.9 Å². The minimum atomic E-state index is 0.102. The molecule has 0 unspecified atom stereocenters. The van der Waals surface area contributed by atoms with Crippen molar-refractivity contribution in [1.29, 1.82) is 0 Å². The van der Waals surface area contributed by atoms with E-state index in [1.165, 1.54) is 11.1 Å². The smallest absolute Gasteiger partial charge is 0.258 e. The molecule has 1 atom stereocenters. The quantitative estimate of drug-likeness (QED) is 0.764. The van der Waals surface area contributed by atoms with Crippen LogP contribution in [0.2, 0.25) is 0 Å². The maximum Gasteiger partial charge on any atom is 0.258 e. The van der Waals surface area contributed by atoms with Crippen molar-refractivity contribution in [1.82, 2.24) is 0 Å². The first-order valence-electron chi connectivity index (χ1n) is 7.15. The molecule has 0 N–H and O–H groups in total. The molecule has 0 aliphatic carbocycles.